The van der Waals surface area contributed by atoms with Crippen LogP contribution in [-0.2, 0) is 10.0 Å². The molecule has 7 nitrogen and oxygen atoms in total. The third-order valence-corrected chi connectivity index (χ3v) is 3.98. The van der Waals surface area contributed by atoms with Gasteiger partial charge in [0.05, 0.1) is 16.3 Å². The molecule has 2 rings (SSSR count). The monoisotopic (exact) mass is 326 g/mol. The van der Waals surface area contributed by atoms with E-state index in [2.05, 4.69) is 4.72 Å². The van der Waals surface area contributed by atoms with E-state index in [0.717, 1.165) is 12.1 Å². The summed E-state index contributed by atoms with van der Waals surface area (Å²) in [6.07, 6.45) is 0. The first-order chi connectivity index (χ1) is 9.83. The number of hydrogen-bond donors (Lipinski definition) is 2. The van der Waals surface area contributed by atoms with E-state index in [0.29, 0.717) is 0 Å². The minimum atomic E-state index is -4.10. The van der Waals surface area contributed by atoms with Gasteiger partial charge < -0.3 is 9.52 Å². The highest BCUT2D eigenvalue weighted by Crippen LogP contribution is 2.23. The number of nitriles is 1. The molecule has 0 saturated carbocycles. The van der Waals surface area contributed by atoms with E-state index in [1.807, 2.05) is 6.07 Å². The van der Waals surface area contributed by atoms with Crippen LogP contribution >= 0.6 is 11.6 Å². The number of rotatable bonds is 4. The Morgan fingerprint density at radius 1 is 1.33 bits per heavy atom. The van der Waals surface area contributed by atoms with Crippen LogP contribution in [0.1, 0.15) is 16.1 Å². The van der Waals surface area contributed by atoms with Crippen LogP contribution in [0.3, 0.4) is 0 Å². The summed E-state index contributed by atoms with van der Waals surface area (Å²) in [6, 6.07) is 7.84. The second kappa shape index (κ2) is 5.47. The Hall–Kier alpha value is -2.50. The quantitative estimate of drug-likeness (QED) is 0.889. The third-order valence-electron chi connectivity index (χ3n) is 2.40. The summed E-state index contributed by atoms with van der Waals surface area (Å²) in [5.74, 6) is -1.88. The summed E-state index contributed by atoms with van der Waals surface area (Å²) in [5.41, 5.74) is 0.201. The van der Waals surface area contributed by atoms with E-state index in [1.165, 1.54) is 18.2 Å². The first-order valence-corrected chi connectivity index (χ1v) is 7.25. The minimum absolute atomic E-state index is 0.0996. The van der Waals surface area contributed by atoms with Gasteiger partial charge in [0, 0.05) is 0 Å². The van der Waals surface area contributed by atoms with Gasteiger partial charge in [-0.05, 0) is 30.3 Å². The predicted octanol–water partition coefficient (Wildman–Crippen LogP) is 2.30. The van der Waals surface area contributed by atoms with E-state index in [9.17, 15) is 13.2 Å². The Labute approximate surface area is 124 Å². The van der Waals surface area contributed by atoms with Crippen LogP contribution in [0, 0.1) is 11.3 Å². The molecule has 0 unspecified atom stereocenters. The molecule has 0 fully saturated rings. The summed E-state index contributed by atoms with van der Waals surface area (Å²) >= 11 is 5.74. The molecule has 1 heterocycles. The second-order valence-electron chi connectivity index (χ2n) is 3.84. The zero-order chi connectivity index (χ0) is 15.6. The molecule has 0 radical (unpaired) electrons. The number of nitrogens with zero attached hydrogens (tertiary/aromatic N) is 1. The Balaban J connectivity index is 2.33. The molecule has 0 aliphatic rings. The molecule has 0 spiro atoms. The number of carboxylic acids is 1. The molecule has 1 aromatic heterocycles. The smallest absolute Gasteiger partial charge is 0.371 e. The maximum atomic E-state index is 12.0. The van der Waals surface area contributed by atoms with Gasteiger partial charge in [0.15, 0.2) is 0 Å². The standard InChI is InChI=1S/C12H7ClN2O5S/c13-9-2-1-8(5-7(9)6-14)15-21(18,19)11-4-3-10(20-11)12(16)17/h1-5,15H,(H,16,17). The van der Waals surface area contributed by atoms with Crippen LogP contribution < -0.4 is 4.72 Å². The molecule has 1 aromatic carbocycles. The van der Waals surface area contributed by atoms with Gasteiger partial charge in [0.25, 0.3) is 10.0 Å². The van der Waals surface area contributed by atoms with Crippen molar-refractivity contribution in [3.8, 4) is 6.07 Å². The number of benzene rings is 1. The molecule has 108 valence electrons. The van der Waals surface area contributed by atoms with Crippen molar-refractivity contribution in [1.82, 2.24) is 0 Å². The molecule has 0 bridgehead atoms. The van der Waals surface area contributed by atoms with Gasteiger partial charge in [-0.3, -0.25) is 4.72 Å². The number of sulfonamides is 1. The van der Waals surface area contributed by atoms with Crippen molar-refractivity contribution < 1.29 is 22.7 Å². The maximum Gasteiger partial charge on any atom is 0.371 e. The van der Waals surface area contributed by atoms with Crippen LogP contribution in [0.25, 0.3) is 0 Å². The average molecular weight is 327 g/mol. The first kappa shape index (κ1) is 14.9. The van der Waals surface area contributed by atoms with Crippen molar-refractivity contribution in [3.05, 3.63) is 46.7 Å². The van der Waals surface area contributed by atoms with E-state index < -0.39 is 26.8 Å². The second-order valence-corrected chi connectivity index (χ2v) is 5.86. The molecular formula is C12H7ClN2O5S. The van der Waals surface area contributed by atoms with Crippen LogP contribution in [0.5, 0.6) is 0 Å². The maximum absolute atomic E-state index is 12.0. The number of nitrogens with one attached hydrogen (secondary N) is 1. The van der Waals surface area contributed by atoms with Gasteiger partial charge in [-0.25, -0.2) is 4.79 Å². The molecule has 9 heteroatoms. The highest BCUT2D eigenvalue weighted by molar-refractivity contribution is 7.92. The SMILES string of the molecule is N#Cc1cc(NS(=O)(=O)c2ccc(C(=O)O)o2)ccc1Cl. The number of carbonyl (C=O) groups is 1. The van der Waals surface area contributed by atoms with Crippen LogP contribution in [0.4, 0.5) is 5.69 Å². The minimum Gasteiger partial charge on any atom is -0.475 e. The van der Waals surface area contributed by atoms with Crippen LogP contribution in [0.2, 0.25) is 5.02 Å². The number of anilines is 1. The number of halogens is 1. The van der Waals surface area contributed by atoms with Gasteiger partial charge >= 0.3 is 5.97 Å². The van der Waals surface area contributed by atoms with Crippen LogP contribution in [0.15, 0.2) is 39.8 Å². The van der Waals surface area contributed by atoms with Gasteiger partial charge in [-0.1, -0.05) is 11.6 Å². The van der Waals surface area contributed by atoms with Gasteiger partial charge in [0.2, 0.25) is 10.9 Å². The zero-order valence-corrected chi connectivity index (χ0v) is 11.8. The normalized spacial score (nSPS) is 10.9. The third kappa shape index (κ3) is 3.16. The number of carboxylic acid groups (broad SMARTS) is 1. The van der Waals surface area contributed by atoms with Crippen molar-refractivity contribution in [1.29, 1.82) is 5.26 Å². The topological polar surface area (TPSA) is 120 Å². The lowest BCUT2D eigenvalue weighted by Gasteiger charge is -2.06. The fraction of sp³-hybridized carbons (Fsp3) is 0. The lowest BCUT2D eigenvalue weighted by molar-refractivity contribution is 0.0656. The molecule has 0 aliphatic carbocycles. The zero-order valence-electron chi connectivity index (χ0n) is 10.2. The van der Waals surface area contributed by atoms with Crippen molar-refractivity contribution in [2.24, 2.45) is 0 Å². The van der Waals surface area contributed by atoms with Gasteiger partial charge in [-0.2, -0.15) is 13.7 Å². The lowest BCUT2D eigenvalue weighted by atomic mass is 10.2. The van der Waals surface area contributed by atoms with Crippen molar-refractivity contribution >= 4 is 33.3 Å². The predicted molar refractivity (Wildman–Crippen MR) is 72.6 cm³/mol. The number of hydrogen-bond acceptors (Lipinski definition) is 5. The Kier molecular flexibility index (Phi) is 3.88. The number of aromatic carboxylic acids is 1. The summed E-state index contributed by atoms with van der Waals surface area (Å²) < 4.78 is 30.9. The first-order valence-electron chi connectivity index (χ1n) is 5.39. The Morgan fingerprint density at radius 3 is 2.62 bits per heavy atom. The highest BCUT2D eigenvalue weighted by Gasteiger charge is 2.21. The van der Waals surface area contributed by atoms with E-state index in [4.69, 9.17) is 26.4 Å². The summed E-state index contributed by atoms with van der Waals surface area (Å²) in [6.45, 7) is 0. The molecule has 2 N–H and O–H groups in total. The molecule has 21 heavy (non-hydrogen) atoms. The van der Waals surface area contributed by atoms with Crippen molar-refractivity contribution in [2.45, 2.75) is 5.09 Å². The molecule has 0 aliphatic heterocycles. The van der Waals surface area contributed by atoms with E-state index in [-0.39, 0.29) is 16.3 Å². The van der Waals surface area contributed by atoms with Gasteiger partial charge in [-0.15, -0.1) is 0 Å². The lowest BCUT2D eigenvalue weighted by Crippen LogP contribution is -2.12. The molecule has 0 saturated heterocycles. The fourth-order valence-electron chi connectivity index (χ4n) is 1.46. The van der Waals surface area contributed by atoms with Crippen LogP contribution in [-0.4, -0.2) is 19.5 Å². The van der Waals surface area contributed by atoms with Crippen molar-refractivity contribution in [3.63, 3.8) is 0 Å². The Morgan fingerprint density at radius 2 is 2.05 bits per heavy atom. The molecule has 2 aromatic rings. The molecular weight excluding hydrogens is 320 g/mol. The molecule has 0 atom stereocenters. The Bertz CT molecular complexity index is 851. The van der Waals surface area contributed by atoms with Gasteiger partial charge in [0.1, 0.15) is 6.07 Å². The fourth-order valence-corrected chi connectivity index (χ4v) is 2.60. The largest absolute Gasteiger partial charge is 0.475 e. The summed E-state index contributed by atoms with van der Waals surface area (Å²) in [7, 11) is -4.10. The summed E-state index contributed by atoms with van der Waals surface area (Å²) in [5, 5.41) is 17.2. The van der Waals surface area contributed by atoms with E-state index >= 15 is 0 Å². The molecule has 0 amide bonds. The van der Waals surface area contributed by atoms with E-state index in [1.54, 1.807) is 0 Å². The number of furan rings is 1. The highest BCUT2D eigenvalue weighted by atomic mass is 35.5. The summed E-state index contributed by atoms with van der Waals surface area (Å²) in [4.78, 5) is 10.7. The average Bonchev–Trinajstić information content (AvgIpc) is 2.91. The van der Waals surface area contributed by atoms with Crippen molar-refractivity contribution in [2.75, 3.05) is 4.72 Å².